The number of benzene rings is 4. The highest BCUT2D eigenvalue weighted by molar-refractivity contribution is 14.1. The number of nitrogens with zero attached hydrogens (tertiary/aromatic N) is 2. The second-order valence-corrected chi connectivity index (χ2v) is 7.75. The zero-order chi connectivity index (χ0) is 21.6. The fraction of sp³-hybridized carbons (Fsp3) is 0. The van der Waals surface area contributed by atoms with E-state index in [9.17, 15) is 9.59 Å². The van der Waals surface area contributed by atoms with Crippen LogP contribution in [0.15, 0.2) is 101 Å². The van der Waals surface area contributed by atoms with Gasteiger partial charge in [-0.1, -0.05) is 42.5 Å². The fourth-order valence-electron chi connectivity index (χ4n) is 2.87. The van der Waals surface area contributed by atoms with Crippen LogP contribution in [-0.2, 0) is 4.84 Å². The van der Waals surface area contributed by atoms with E-state index in [1.807, 2.05) is 42.5 Å². The van der Waals surface area contributed by atoms with Crippen LogP contribution in [0.25, 0.3) is 10.8 Å². The Balaban J connectivity index is 1.37. The lowest BCUT2D eigenvalue weighted by Gasteiger charge is -2.07. The van der Waals surface area contributed by atoms with Crippen molar-refractivity contribution in [3.63, 3.8) is 0 Å². The molecule has 0 fully saturated rings. The molecule has 4 aromatic rings. The molecule has 152 valence electrons. The van der Waals surface area contributed by atoms with Crippen LogP contribution in [0.5, 0.6) is 0 Å². The molecular formula is C24H16IN3O3. The van der Waals surface area contributed by atoms with Gasteiger partial charge in [0.15, 0.2) is 0 Å². The molecule has 0 radical (unpaired) electrons. The maximum atomic E-state index is 12.3. The molecule has 4 rings (SSSR count). The predicted octanol–water partition coefficient (Wildman–Crippen LogP) is 6.55. The highest BCUT2D eigenvalue weighted by atomic mass is 127. The molecule has 0 atom stereocenters. The summed E-state index contributed by atoms with van der Waals surface area (Å²) in [7, 11) is 0. The van der Waals surface area contributed by atoms with Gasteiger partial charge >= 0.3 is 5.97 Å². The Kier molecular flexibility index (Phi) is 6.32. The van der Waals surface area contributed by atoms with Gasteiger partial charge in [-0.2, -0.15) is 0 Å². The molecule has 0 saturated heterocycles. The number of carbonyl (C=O) groups excluding carboxylic acids is 2. The van der Waals surface area contributed by atoms with Gasteiger partial charge < -0.3 is 4.84 Å². The molecule has 0 saturated carbocycles. The number of azo groups is 1. The van der Waals surface area contributed by atoms with Gasteiger partial charge in [0.2, 0.25) is 0 Å². The molecule has 4 aromatic carbocycles. The number of halogens is 1. The largest absolute Gasteiger partial charge is 0.363 e. The topological polar surface area (TPSA) is 80.1 Å². The van der Waals surface area contributed by atoms with E-state index in [4.69, 9.17) is 4.84 Å². The number of nitrogens with one attached hydrogen (secondary N) is 1. The number of carbonyl (C=O) groups is 2. The summed E-state index contributed by atoms with van der Waals surface area (Å²) < 4.78 is 0.804. The Labute approximate surface area is 192 Å². The Hall–Kier alpha value is -3.59. The van der Waals surface area contributed by atoms with E-state index in [2.05, 4.69) is 38.3 Å². The van der Waals surface area contributed by atoms with Crippen LogP contribution in [0.3, 0.4) is 0 Å². The summed E-state index contributed by atoms with van der Waals surface area (Å²) in [5.41, 5.74) is 4.64. The molecule has 1 amide bonds. The molecule has 0 aliphatic rings. The van der Waals surface area contributed by atoms with Crippen LogP contribution < -0.4 is 5.48 Å². The van der Waals surface area contributed by atoms with Gasteiger partial charge in [0.05, 0.1) is 16.9 Å². The smallest absolute Gasteiger partial charge is 0.338 e. The number of fused-ring (bicyclic) bond motifs is 1. The van der Waals surface area contributed by atoms with E-state index >= 15 is 0 Å². The lowest BCUT2D eigenvalue weighted by Crippen LogP contribution is -2.11. The van der Waals surface area contributed by atoms with Crippen LogP contribution in [0, 0.1) is 3.57 Å². The normalized spacial score (nSPS) is 10.9. The summed E-state index contributed by atoms with van der Waals surface area (Å²) in [6, 6.07) is 27.1. The van der Waals surface area contributed by atoms with Crippen molar-refractivity contribution in [2.45, 2.75) is 0 Å². The van der Waals surface area contributed by atoms with Crippen molar-refractivity contribution in [3.05, 3.63) is 106 Å². The quantitative estimate of drug-likeness (QED) is 0.184. The van der Waals surface area contributed by atoms with Crippen molar-refractivity contribution in [1.82, 2.24) is 0 Å². The third-order valence-corrected chi connectivity index (χ3v) is 5.42. The standard InChI is InChI=1S/C24H16IN3O3/c25-22-8-4-3-7-21(22)24(30)31-28-20-13-11-19(12-14-20)26-27-23(29)18-10-9-16-5-1-2-6-17(16)15-18/h1-15,28H. The average Bonchev–Trinajstić information content (AvgIpc) is 2.81. The Morgan fingerprint density at radius 1 is 0.806 bits per heavy atom. The van der Waals surface area contributed by atoms with E-state index in [-0.39, 0.29) is 0 Å². The summed E-state index contributed by atoms with van der Waals surface area (Å²) in [4.78, 5) is 29.6. The zero-order valence-electron chi connectivity index (χ0n) is 16.2. The second kappa shape index (κ2) is 9.48. The first kappa shape index (κ1) is 20.7. The lowest BCUT2D eigenvalue weighted by molar-refractivity contribution is 0.0595. The van der Waals surface area contributed by atoms with Crippen molar-refractivity contribution >= 4 is 56.6 Å². The molecule has 6 nitrogen and oxygen atoms in total. The second-order valence-electron chi connectivity index (χ2n) is 6.59. The van der Waals surface area contributed by atoms with Crippen molar-refractivity contribution in [2.24, 2.45) is 10.2 Å². The predicted molar refractivity (Wildman–Crippen MR) is 127 cm³/mol. The number of hydrogen-bond acceptors (Lipinski definition) is 5. The summed E-state index contributed by atoms with van der Waals surface area (Å²) in [6.45, 7) is 0. The zero-order valence-corrected chi connectivity index (χ0v) is 18.3. The van der Waals surface area contributed by atoms with Gasteiger partial charge in [0, 0.05) is 9.13 Å². The first-order valence-corrected chi connectivity index (χ1v) is 10.4. The number of amides is 1. The van der Waals surface area contributed by atoms with E-state index in [1.54, 1.807) is 48.5 Å². The van der Waals surface area contributed by atoms with Crippen LogP contribution in [-0.4, -0.2) is 11.9 Å². The summed E-state index contributed by atoms with van der Waals surface area (Å²) in [5.74, 6) is -0.894. The molecule has 0 heterocycles. The van der Waals surface area contributed by atoms with Crippen molar-refractivity contribution in [3.8, 4) is 0 Å². The Morgan fingerprint density at radius 2 is 1.52 bits per heavy atom. The molecule has 7 heteroatoms. The van der Waals surface area contributed by atoms with Crippen molar-refractivity contribution in [1.29, 1.82) is 0 Å². The first-order chi connectivity index (χ1) is 15.1. The average molecular weight is 521 g/mol. The molecule has 0 bridgehead atoms. The maximum Gasteiger partial charge on any atom is 0.363 e. The molecular weight excluding hydrogens is 505 g/mol. The van der Waals surface area contributed by atoms with Crippen molar-refractivity contribution < 1.29 is 14.4 Å². The minimum atomic E-state index is -0.477. The summed E-state index contributed by atoms with van der Waals surface area (Å²) in [6.07, 6.45) is 0. The van der Waals surface area contributed by atoms with E-state index < -0.39 is 11.9 Å². The minimum Gasteiger partial charge on any atom is -0.338 e. The van der Waals surface area contributed by atoms with E-state index in [0.29, 0.717) is 22.5 Å². The lowest BCUT2D eigenvalue weighted by atomic mass is 10.1. The van der Waals surface area contributed by atoms with Gasteiger partial charge in [0.25, 0.3) is 5.91 Å². The molecule has 0 aliphatic heterocycles. The van der Waals surface area contributed by atoms with Crippen LogP contribution in [0.1, 0.15) is 20.7 Å². The van der Waals surface area contributed by atoms with Crippen LogP contribution in [0.4, 0.5) is 11.4 Å². The number of anilines is 1. The van der Waals surface area contributed by atoms with Gasteiger partial charge in [-0.15, -0.1) is 10.2 Å². The van der Waals surface area contributed by atoms with Crippen LogP contribution in [0.2, 0.25) is 0 Å². The molecule has 0 aromatic heterocycles. The monoisotopic (exact) mass is 521 g/mol. The van der Waals surface area contributed by atoms with Crippen LogP contribution >= 0.6 is 22.6 Å². The fourth-order valence-corrected chi connectivity index (χ4v) is 3.47. The van der Waals surface area contributed by atoms with E-state index in [0.717, 1.165) is 14.3 Å². The van der Waals surface area contributed by atoms with Crippen molar-refractivity contribution in [2.75, 3.05) is 5.48 Å². The molecule has 0 spiro atoms. The number of hydrogen-bond donors (Lipinski definition) is 1. The SMILES string of the molecule is O=C(N=Nc1ccc(NOC(=O)c2ccccc2I)cc1)c1ccc2ccccc2c1. The molecule has 0 unspecified atom stereocenters. The first-order valence-electron chi connectivity index (χ1n) is 9.37. The summed E-state index contributed by atoms with van der Waals surface area (Å²) >= 11 is 2.08. The maximum absolute atomic E-state index is 12.3. The highest BCUT2D eigenvalue weighted by Gasteiger charge is 2.11. The summed E-state index contributed by atoms with van der Waals surface area (Å²) in [5, 5.41) is 9.83. The van der Waals surface area contributed by atoms with Gasteiger partial charge in [-0.05, 0) is 81.9 Å². The van der Waals surface area contributed by atoms with Gasteiger partial charge in [-0.25, -0.2) is 10.3 Å². The Morgan fingerprint density at radius 3 is 2.29 bits per heavy atom. The molecule has 0 aliphatic carbocycles. The Bertz CT molecular complexity index is 1290. The van der Waals surface area contributed by atoms with Gasteiger partial charge in [-0.3, -0.25) is 4.79 Å². The minimum absolute atomic E-state index is 0.417. The third-order valence-electron chi connectivity index (χ3n) is 4.48. The van der Waals surface area contributed by atoms with Gasteiger partial charge in [0.1, 0.15) is 0 Å². The number of rotatable bonds is 5. The third kappa shape index (κ3) is 5.13. The highest BCUT2D eigenvalue weighted by Crippen LogP contribution is 2.20. The molecule has 31 heavy (non-hydrogen) atoms. The van der Waals surface area contributed by atoms with E-state index in [1.165, 1.54) is 0 Å². The molecule has 1 N–H and O–H groups in total.